The number of carbonyl (C=O) groups excluding carboxylic acids is 1. The molecule has 1 aromatic heterocycles. The maximum absolute atomic E-state index is 11.5. The number of nitrogens with zero attached hydrogens (tertiary/aromatic N) is 2. The van der Waals surface area contributed by atoms with Crippen LogP contribution in [0.4, 0.5) is 5.69 Å². The molecule has 0 bridgehead atoms. The smallest absolute Gasteiger partial charge is 0.327 e. The highest BCUT2D eigenvalue weighted by Gasteiger charge is 2.12. The van der Waals surface area contributed by atoms with Crippen LogP contribution in [0.15, 0.2) is 12.4 Å². The molecule has 0 aromatic carbocycles. The first-order valence-corrected chi connectivity index (χ1v) is 6.71. The Kier molecular flexibility index (Phi) is 5.10. The van der Waals surface area contributed by atoms with Gasteiger partial charge in [0.25, 0.3) is 0 Å². The molecular weight excluding hydrogens is 262 g/mol. The van der Waals surface area contributed by atoms with E-state index in [4.69, 9.17) is 0 Å². The Labute approximate surface area is 105 Å². The standard InChI is InChI=1S/C9H15N3O5S/c1-16-3-4-18(14,15)11-8-5-10-12(6-8)7-9(13)17-2/h5-6,11H,3-4,7H2,1-2H3. The lowest BCUT2D eigenvalue weighted by molar-refractivity contribution is -0.141. The second-order valence-corrected chi connectivity index (χ2v) is 5.26. The van der Waals surface area contributed by atoms with Gasteiger partial charge in [0, 0.05) is 13.3 Å². The molecule has 0 spiro atoms. The zero-order chi connectivity index (χ0) is 13.6. The van der Waals surface area contributed by atoms with Crippen molar-refractivity contribution >= 4 is 21.7 Å². The van der Waals surface area contributed by atoms with Gasteiger partial charge in [-0.15, -0.1) is 0 Å². The van der Waals surface area contributed by atoms with E-state index in [0.29, 0.717) is 0 Å². The summed E-state index contributed by atoms with van der Waals surface area (Å²) in [7, 11) is -0.777. The zero-order valence-corrected chi connectivity index (χ0v) is 10.9. The lowest BCUT2D eigenvalue weighted by Gasteiger charge is -2.04. The number of aromatic nitrogens is 2. The average Bonchev–Trinajstić information content (AvgIpc) is 2.73. The molecule has 102 valence electrons. The number of hydrogen-bond acceptors (Lipinski definition) is 6. The number of sulfonamides is 1. The Hall–Kier alpha value is -1.61. The molecule has 0 aliphatic heterocycles. The molecule has 0 aliphatic rings. The highest BCUT2D eigenvalue weighted by Crippen LogP contribution is 2.07. The summed E-state index contributed by atoms with van der Waals surface area (Å²) >= 11 is 0. The lowest BCUT2D eigenvalue weighted by atomic mass is 10.6. The van der Waals surface area contributed by atoms with Crippen molar-refractivity contribution in [3.63, 3.8) is 0 Å². The van der Waals surface area contributed by atoms with Crippen LogP contribution in [0.3, 0.4) is 0 Å². The third-order valence-corrected chi connectivity index (χ3v) is 3.23. The van der Waals surface area contributed by atoms with Gasteiger partial charge in [0.15, 0.2) is 0 Å². The van der Waals surface area contributed by atoms with Gasteiger partial charge in [-0.05, 0) is 0 Å². The molecule has 18 heavy (non-hydrogen) atoms. The van der Waals surface area contributed by atoms with Crippen molar-refractivity contribution in [3.05, 3.63) is 12.4 Å². The third kappa shape index (κ3) is 4.72. The molecule has 0 saturated carbocycles. The van der Waals surface area contributed by atoms with Crippen LogP contribution in [0.1, 0.15) is 0 Å². The van der Waals surface area contributed by atoms with E-state index in [9.17, 15) is 13.2 Å². The first-order valence-electron chi connectivity index (χ1n) is 5.05. The molecule has 1 heterocycles. The molecule has 9 heteroatoms. The SMILES string of the molecule is COCCS(=O)(=O)Nc1cnn(CC(=O)OC)c1. The molecule has 1 N–H and O–H groups in total. The first kappa shape index (κ1) is 14.5. The number of carbonyl (C=O) groups is 1. The van der Waals surface area contributed by atoms with E-state index in [0.717, 1.165) is 0 Å². The van der Waals surface area contributed by atoms with Crippen molar-refractivity contribution in [1.82, 2.24) is 9.78 Å². The van der Waals surface area contributed by atoms with E-state index in [1.165, 1.54) is 31.3 Å². The van der Waals surface area contributed by atoms with Gasteiger partial charge in [-0.25, -0.2) is 8.42 Å². The van der Waals surface area contributed by atoms with Gasteiger partial charge in [-0.2, -0.15) is 5.10 Å². The minimum Gasteiger partial charge on any atom is -0.468 e. The maximum Gasteiger partial charge on any atom is 0.327 e. The number of ether oxygens (including phenoxy) is 2. The van der Waals surface area contributed by atoms with Crippen molar-refractivity contribution in [1.29, 1.82) is 0 Å². The molecule has 1 aromatic rings. The van der Waals surface area contributed by atoms with Gasteiger partial charge in [-0.1, -0.05) is 0 Å². The van der Waals surface area contributed by atoms with Crippen molar-refractivity contribution in [3.8, 4) is 0 Å². The van der Waals surface area contributed by atoms with E-state index in [2.05, 4.69) is 19.3 Å². The Morgan fingerprint density at radius 1 is 1.50 bits per heavy atom. The summed E-state index contributed by atoms with van der Waals surface area (Å²) in [6, 6.07) is 0. The van der Waals surface area contributed by atoms with E-state index in [1.54, 1.807) is 0 Å². The molecule has 0 atom stereocenters. The van der Waals surface area contributed by atoms with Gasteiger partial charge in [0.2, 0.25) is 10.0 Å². The summed E-state index contributed by atoms with van der Waals surface area (Å²) in [6.07, 6.45) is 2.72. The monoisotopic (exact) mass is 277 g/mol. The van der Waals surface area contributed by atoms with Crippen LogP contribution in [0, 0.1) is 0 Å². The van der Waals surface area contributed by atoms with E-state index in [-0.39, 0.29) is 24.6 Å². The Morgan fingerprint density at radius 2 is 2.22 bits per heavy atom. The highest BCUT2D eigenvalue weighted by atomic mass is 32.2. The van der Waals surface area contributed by atoms with Crippen molar-refractivity contribution in [2.45, 2.75) is 6.54 Å². The zero-order valence-electron chi connectivity index (χ0n) is 10.1. The molecule has 1 rings (SSSR count). The molecule has 8 nitrogen and oxygen atoms in total. The highest BCUT2D eigenvalue weighted by molar-refractivity contribution is 7.92. The Balaban J connectivity index is 2.61. The van der Waals surface area contributed by atoms with Crippen molar-refractivity contribution < 1.29 is 22.7 Å². The van der Waals surface area contributed by atoms with Gasteiger partial charge < -0.3 is 9.47 Å². The molecule has 0 fully saturated rings. The lowest BCUT2D eigenvalue weighted by Crippen LogP contribution is -2.19. The van der Waals surface area contributed by atoms with Crippen LogP contribution >= 0.6 is 0 Å². The quantitative estimate of drug-likeness (QED) is 0.671. The van der Waals surface area contributed by atoms with Crippen LogP contribution in [0.25, 0.3) is 0 Å². The maximum atomic E-state index is 11.5. The molecule has 0 unspecified atom stereocenters. The predicted molar refractivity (Wildman–Crippen MR) is 63.5 cm³/mol. The van der Waals surface area contributed by atoms with Gasteiger partial charge >= 0.3 is 5.97 Å². The minimum atomic E-state index is -3.46. The fraction of sp³-hybridized carbons (Fsp3) is 0.556. The first-order chi connectivity index (χ1) is 8.46. The summed E-state index contributed by atoms with van der Waals surface area (Å²) in [5.41, 5.74) is 0.287. The van der Waals surface area contributed by atoms with E-state index < -0.39 is 16.0 Å². The molecule has 0 radical (unpaired) electrons. The predicted octanol–water partition coefficient (Wildman–Crippen LogP) is -0.556. The van der Waals surface area contributed by atoms with E-state index >= 15 is 0 Å². The van der Waals surface area contributed by atoms with Gasteiger partial charge in [0.05, 0.1) is 31.4 Å². The third-order valence-electron chi connectivity index (χ3n) is 1.98. The summed E-state index contributed by atoms with van der Waals surface area (Å²) < 4.78 is 35.8. The summed E-state index contributed by atoms with van der Waals surface area (Å²) in [5, 5.41) is 3.83. The fourth-order valence-electron chi connectivity index (χ4n) is 1.12. The second-order valence-electron chi connectivity index (χ2n) is 3.42. The van der Waals surface area contributed by atoms with E-state index in [1.807, 2.05) is 0 Å². The number of nitrogens with one attached hydrogen (secondary N) is 1. The average molecular weight is 277 g/mol. The number of methoxy groups -OCH3 is 2. The van der Waals surface area contributed by atoms with Crippen LogP contribution in [0.2, 0.25) is 0 Å². The second kappa shape index (κ2) is 6.36. The summed E-state index contributed by atoms with van der Waals surface area (Å²) in [5.74, 6) is -0.613. The van der Waals surface area contributed by atoms with Crippen molar-refractivity contribution in [2.75, 3.05) is 31.3 Å². The van der Waals surface area contributed by atoms with Crippen LogP contribution in [-0.4, -0.2) is 50.7 Å². The summed E-state index contributed by atoms with van der Waals surface area (Å²) in [6.45, 7) is 0.0297. The minimum absolute atomic E-state index is 0.0731. The number of hydrogen-bond donors (Lipinski definition) is 1. The van der Waals surface area contributed by atoms with Gasteiger partial charge in [0.1, 0.15) is 6.54 Å². The normalized spacial score (nSPS) is 11.2. The number of esters is 1. The number of rotatable bonds is 7. The van der Waals surface area contributed by atoms with Gasteiger partial charge in [-0.3, -0.25) is 14.2 Å². The summed E-state index contributed by atoms with van der Waals surface area (Å²) in [4.78, 5) is 11.0. The molecule has 0 aliphatic carbocycles. The molecular formula is C9H15N3O5S. The van der Waals surface area contributed by atoms with Crippen LogP contribution < -0.4 is 4.72 Å². The fourth-order valence-corrected chi connectivity index (χ4v) is 2.08. The number of anilines is 1. The van der Waals surface area contributed by atoms with Crippen LogP contribution in [-0.2, 0) is 30.8 Å². The topological polar surface area (TPSA) is 99.5 Å². The van der Waals surface area contributed by atoms with Crippen LogP contribution in [0.5, 0.6) is 0 Å². The molecule has 0 saturated heterocycles. The largest absolute Gasteiger partial charge is 0.468 e. The van der Waals surface area contributed by atoms with Crippen molar-refractivity contribution in [2.24, 2.45) is 0 Å². The Bertz CT molecular complexity index is 496. The Morgan fingerprint density at radius 3 is 2.83 bits per heavy atom. The molecule has 0 amide bonds.